The molecule has 0 atom stereocenters. The number of rotatable bonds is 4. The Hall–Kier alpha value is -1.77. The van der Waals surface area contributed by atoms with E-state index in [1.54, 1.807) is 0 Å². The zero-order chi connectivity index (χ0) is 13.1. The lowest BCUT2D eigenvalue weighted by molar-refractivity contribution is 0.356. The fraction of sp³-hybridized carbons (Fsp3) is 0.400. The van der Waals surface area contributed by atoms with Gasteiger partial charge in [0, 0.05) is 5.92 Å². The summed E-state index contributed by atoms with van der Waals surface area (Å²) in [6.07, 6.45) is 2.06. The van der Waals surface area contributed by atoms with Gasteiger partial charge < -0.3 is 10.3 Å². The van der Waals surface area contributed by atoms with Gasteiger partial charge in [0.15, 0.2) is 5.82 Å². The SMILES string of the molecule is CCC(CC)c1onc(N)c1-c1cccc(C)c1. The second-order valence-electron chi connectivity index (χ2n) is 4.69. The fourth-order valence-corrected chi connectivity index (χ4v) is 2.34. The molecule has 0 radical (unpaired) electrons. The van der Waals surface area contributed by atoms with Crippen LogP contribution in [0.4, 0.5) is 5.82 Å². The predicted octanol–water partition coefficient (Wildman–Crippen LogP) is 4.14. The molecular formula is C15H20N2O. The predicted molar refractivity (Wildman–Crippen MR) is 74.4 cm³/mol. The summed E-state index contributed by atoms with van der Waals surface area (Å²) in [5.41, 5.74) is 9.24. The standard InChI is InChI=1S/C15H20N2O/c1-4-11(5-2)14-13(15(16)17-18-14)12-8-6-7-10(3)9-12/h6-9,11H,4-5H2,1-3H3,(H2,16,17). The van der Waals surface area contributed by atoms with Crippen LogP contribution in [0.1, 0.15) is 43.9 Å². The van der Waals surface area contributed by atoms with Crippen LogP contribution >= 0.6 is 0 Å². The maximum atomic E-state index is 5.97. The van der Waals surface area contributed by atoms with Crippen molar-refractivity contribution >= 4 is 5.82 Å². The Morgan fingerprint density at radius 2 is 2.00 bits per heavy atom. The summed E-state index contributed by atoms with van der Waals surface area (Å²) in [7, 11) is 0. The molecule has 2 N–H and O–H groups in total. The summed E-state index contributed by atoms with van der Waals surface area (Å²) in [4.78, 5) is 0. The molecule has 0 aliphatic rings. The number of nitrogen functional groups attached to an aromatic ring is 1. The van der Waals surface area contributed by atoms with Gasteiger partial charge in [-0.1, -0.05) is 48.8 Å². The van der Waals surface area contributed by atoms with Gasteiger partial charge >= 0.3 is 0 Å². The second kappa shape index (κ2) is 5.25. The van der Waals surface area contributed by atoms with Crippen molar-refractivity contribution in [3.8, 4) is 11.1 Å². The molecule has 1 aromatic carbocycles. The molecule has 0 spiro atoms. The van der Waals surface area contributed by atoms with Gasteiger partial charge in [0.25, 0.3) is 0 Å². The van der Waals surface area contributed by atoms with Crippen molar-refractivity contribution in [2.45, 2.75) is 39.5 Å². The van der Waals surface area contributed by atoms with E-state index in [0.29, 0.717) is 11.7 Å². The molecule has 0 aliphatic carbocycles. The molecule has 18 heavy (non-hydrogen) atoms. The largest absolute Gasteiger partial charge is 0.380 e. The Morgan fingerprint density at radius 1 is 1.28 bits per heavy atom. The van der Waals surface area contributed by atoms with Crippen molar-refractivity contribution in [2.24, 2.45) is 0 Å². The van der Waals surface area contributed by atoms with E-state index in [2.05, 4.69) is 44.1 Å². The summed E-state index contributed by atoms with van der Waals surface area (Å²) in [5.74, 6) is 1.79. The normalized spacial score (nSPS) is 11.1. The van der Waals surface area contributed by atoms with E-state index in [-0.39, 0.29) is 0 Å². The van der Waals surface area contributed by atoms with Gasteiger partial charge in [0.05, 0.1) is 5.56 Å². The molecular weight excluding hydrogens is 224 g/mol. The molecule has 1 aromatic heterocycles. The third-order valence-electron chi connectivity index (χ3n) is 3.41. The van der Waals surface area contributed by atoms with Gasteiger partial charge in [-0.05, 0) is 25.3 Å². The van der Waals surface area contributed by atoms with Crippen molar-refractivity contribution in [2.75, 3.05) is 5.73 Å². The van der Waals surface area contributed by atoms with E-state index < -0.39 is 0 Å². The van der Waals surface area contributed by atoms with Crippen LogP contribution < -0.4 is 5.73 Å². The molecule has 1 heterocycles. The Balaban J connectivity index is 2.53. The number of hydrogen-bond acceptors (Lipinski definition) is 3. The van der Waals surface area contributed by atoms with E-state index >= 15 is 0 Å². The van der Waals surface area contributed by atoms with Crippen LogP contribution in [0.2, 0.25) is 0 Å². The summed E-state index contributed by atoms with van der Waals surface area (Å²) in [6.45, 7) is 6.39. The fourth-order valence-electron chi connectivity index (χ4n) is 2.34. The molecule has 0 bridgehead atoms. The van der Waals surface area contributed by atoms with Crippen LogP contribution in [0.25, 0.3) is 11.1 Å². The lowest BCUT2D eigenvalue weighted by Gasteiger charge is -2.11. The molecule has 0 aliphatic heterocycles. The van der Waals surface area contributed by atoms with Crippen molar-refractivity contribution < 1.29 is 4.52 Å². The third-order valence-corrected chi connectivity index (χ3v) is 3.41. The molecule has 0 saturated heterocycles. The zero-order valence-corrected chi connectivity index (χ0v) is 11.2. The van der Waals surface area contributed by atoms with Crippen LogP contribution in [-0.4, -0.2) is 5.16 Å². The van der Waals surface area contributed by atoms with Gasteiger partial charge in [0.1, 0.15) is 5.76 Å². The van der Waals surface area contributed by atoms with Crippen LogP contribution in [0, 0.1) is 6.92 Å². The number of benzene rings is 1. The third kappa shape index (κ3) is 2.26. The van der Waals surface area contributed by atoms with Crippen molar-refractivity contribution in [3.05, 3.63) is 35.6 Å². The van der Waals surface area contributed by atoms with Gasteiger partial charge in [-0.3, -0.25) is 0 Å². The van der Waals surface area contributed by atoms with Gasteiger partial charge in [-0.2, -0.15) is 0 Å². The number of nitrogens with two attached hydrogens (primary N) is 1. The van der Waals surface area contributed by atoms with Crippen LogP contribution in [-0.2, 0) is 0 Å². The molecule has 0 amide bonds. The highest BCUT2D eigenvalue weighted by Crippen LogP contribution is 2.36. The smallest absolute Gasteiger partial charge is 0.175 e. The maximum Gasteiger partial charge on any atom is 0.175 e. The average Bonchev–Trinajstić information content (AvgIpc) is 2.73. The molecule has 2 aromatic rings. The molecule has 0 saturated carbocycles. The van der Waals surface area contributed by atoms with E-state index in [0.717, 1.165) is 29.7 Å². The number of anilines is 1. The van der Waals surface area contributed by atoms with E-state index in [4.69, 9.17) is 10.3 Å². The lowest BCUT2D eigenvalue weighted by Crippen LogP contribution is -1.97. The van der Waals surface area contributed by atoms with Crippen molar-refractivity contribution in [1.29, 1.82) is 0 Å². The maximum absolute atomic E-state index is 5.97. The summed E-state index contributed by atoms with van der Waals surface area (Å²) in [6, 6.07) is 8.29. The van der Waals surface area contributed by atoms with E-state index in [1.807, 2.05) is 6.07 Å². The van der Waals surface area contributed by atoms with Gasteiger partial charge in [0.2, 0.25) is 0 Å². The topological polar surface area (TPSA) is 52.0 Å². The highest BCUT2D eigenvalue weighted by Gasteiger charge is 2.21. The van der Waals surface area contributed by atoms with Gasteiger partial charge in [-0.15, -0.1) is 0 Å². The molecule has 2 rings (SSSR count). The molecule has 3 nitrogen and oxygen atoms in total. The van der Waals surface area contributed by atoms with Gasteiger partial charge in [-0.25, -0.2) is 0 Å². The minimum absolute atomic E-state index is 0.380. The number of aromatic nitrogens is 1. The summed E-state index contributed by atoms with van der Waals surface area (Å²) < 4.78 is 5.46. The Morgan fingerprint density at radius 3 is 2.61 bits per heavy atom. The zero-order valence-electron chi connectivity index (χ0n) is 11.2. The first-order valence-electron chi connectivity index (χ1n) is 6.49. The lowest BCUT2D eigenvalue weighted by atomic mass is 9.93. The molecule has 0 unspecified atom stereocenters. The van der Waals surface area contributed by atoms with E-state index in [1.165, 1.54) is 5.56 Å². The monoisotopic (exact) mass is 244 g/mol. The quantitative estimate of drug-likeness (QED) is 0.879. The summed E-state index contributed by atoms with van der Waals surface area (Å²) >= 11 is 0. The first kappa shape index (κ1) is 12.7. The Labute approximate surface area is 108 Å². The first-order valence-corrected chi connectivity index (χ1v) is 6.49. The number of aryl methyl sites for hydroxylation is 1. The number of nitrogens with zero attached hydrogens (tertiary/aromatic N) is 1. The Kier molecular flexibility index (Phi) is 3.70. The highest BCUT2D eigenvalue weighted by atomic mass is 16.5. The highest BCUT2D eigenvalue weighted by molar-refractivity contribution is 5.76. The second-order valence-corrected chi connectivity index (χ2v) is 4.69. The van der Waals surface area contributed by atoms with Crippen LogP contribution in [0.5, 0.6) is 0 Å². The molecule has 3 heteroatoms. The first-order chi connectivity index (χ1) is 8.67. The van der Waals surface area contributed by atoms with Crippen molar-refractivity contribution in [3.63, 3.8) is 0 Å². The van der Waals surface area contributed by atoms with Crippen LogP contribution in [0.3, 0.4) is 0 Å². The minimum Gasteiger partial charge on any atom is -0.380 e. The molecule has 0 fully saturated rings. The Bertz CT molecular complexity index is 527. The van der Waals surface area contributed by atoms with E-state index in [9.17, 15) is 0 Å². The average molecular weight is 244 g/mol. The number of hydrogen-bond donors (Lipinski definition) is 1. The van der Waals surface area contributed by atoms with Crippen molar-refractivity contribution in [1.82, 2.24) is 5.16 Å². The molecule has 96 valence electrons. The van der Waals surface area contributed by atoms with Crippen LogP contribution in [0.15, 0.2) is 28.8 Å². The minimum atomic E-state index is 0.380. The summed E-state index contributed by atoms with van der Waals surface area (Å²) in [5, 5.41) is 3.94.